The summed E-state index contributed by atoms with van der Waals surface area (Å²) < 4.78 is 5.13. The van der Waals surface area contributed by atoms with Gasteiger partial charge in [0.05, 0.1) is 25.4 Å². The number of hydrogen-bond donors (Lipinski definition) is 1. The van der Waals surface area contributed by atoms with Gasteiger partial charge in [-0.1, -0.05) is 36.4 Å². The summed E-state index contributed by atoms with van der Waals surface area (Å²) in [4.78, 5) is 29.3. The fourth-order valence-electron chi connectivity index (χ4n) is 3.54. The van der Waals surface area contributed by atoms with Crippen LogP contribution < -0.4 is 15.0 Å². The Hall–Kier alpha value is -3.38. The highest BCUT2D eigenvalue weighted by Gasteiger charge is 2.26. The third-order valence-electron chi connectivity index (χ3n) is 5.43. The van der Waals surface area contributed by atoms with Gasteiger partial charge in [-0.15, -0.1) is 0 Å². The van der Waals surface area contributed by atoms with Crippen LogP contribution in [0.1, 0.15) is 13.8 Å². The summed E-state index contributed by atoms with van der Waals surface area (Å²) in [5.74, 6) is 0.501. The average molecular weight is 420 g/mol. The molecule has 0 aliphatic carbocycles. The number of methoxy groups -OCH3 is 1. The zero-order valence-corrected chi connectivity index (χ0v) is 18.5. The monoisotopic (exact) mass is 419 g/mol. The van der Waals surface area contributed by atoms with Crippen LogP contribution in [0.5, 0.6) is 5.75 Å². The molecule has 0 radical (unpaired) electrons. The number of nitrogens with one attached hydrogen (secondary N) is 1. The molecule has 0 saturated heterocycles. The maximum Gasteiger partial charge on any atom is 0.244 e. The number of hydrogen-bond acceptors (Lipinski definition) is 4. The number of amides is 2. The molecule has 0 spiro atoms. The molecular formula is C25H29N3O3. The highest BCUT2D eigenvalue weighted by Crippen LogP contribution is 2.27. The molecule has 31 heavy (non-hydrogen) atoms. The molecular weight excluding hydrogens is 390 g/mol. The predicted octanol–water partition coefficient (Wildman–Crippen LogP) is 4.16. The minimum absolute atomic E-state index is 0.0430. The lowest BCUT2D eigenvalue weighted by Crippen LogP contribution is -2.48. The van der Waals surface area contributed by atoms with Crippen molar-refractivity contribution in [3.05, 3.63) is 66.7 Å². The lowest BCUT2D eigenvalue weighted by atomic mass is 10.1. The number of rotatable bonds is 8. The molecule has 162 valence electrons. The van der Waals surface area contributed by atoms with Gasteiger partial charge >= 0.3 is 0 Å². The van der Waals surface area contributed by atoms with Gasteiger partial charge in [0, 0.05) is 17.6 Å². The first-order valence-corrected chi connectivity index (χ1v) is 10.4. The highest BCUT2D eigenvalue weighted by atomic mass is 16.5. The van der Waals surface area contributed by atoms with E-state index in [0.717, 1.165) is 22.2 Å². The van der Waals surface area contributed by atoms with Crippen molar-refractivity contribution >= 4 is 34.0 Å². The standard InChI is InChI=1S/C25H29N3O3/c1-5-28(23-12-8-10-19-9-6-7-11-22(19)23)25(30)18(2)27(3)17-24(29)26-20-13-15-21(31-4)16-14-20/h6-16,18H,5,17H2,1-4H3,(H,26,29)/t18-/m0/s1. The maximum absolute atomic E-state index is 13.3. The van der Waals surface area contributed by atoms with E-state index in [1.165, 1.54) is 0 Å². The Morgan fingerprint density at radius 1 is 1.00 bits per heavy atom. The van der Waals surface area contributed by atoms with Gasteiger partial charge in [0.2, 0.25) is 11.8 Å². The molecule has 3 rings (SSSR count). The Balaban J connectivity index is 1.68. The molecule has 0 aromatic heterocycles. The second-order valence-electron chi connectivity index (χ2n) is 7.45. The van der Waals surface area contributed by atoms with Crippen LogP contribution in [-0.4, -0.2) is 50.0 Å². The van der Waals surface area contributed by atoms with E-state index in [4.69, 9.17) is 4.74 Å². The summed E-state index contributed by atoms with van der Waals surface area (Å²) in [6, 6.07) is 20.7. The van der Waals surface area contributed by atoms with E-state index in [0.29, 0.717) is 12.2 Å². The van der Waals surface area contributed by atoms with Crippen molar-refractivity contribution in [2.45, 2.75) is 19.9 Å². The molecule has 6 nitrogen and oxygen atoms in total. The molecule has 1 N–H and O–H groups in total. The fraction of sp³-hybridized carbons (Fsp3) is 0.280. The van der Waals surface area contributed by atoms with Crippen molar-refractivity contribution in [3.8, 4) is 5.75 Å². The number of nitrogens with zero attached hydrogens (tertiary/aromatic N) is 2. The Morgan fingerprint density at radius 3 is 2.35 bits per heavy atom. The summed E-state index contributed by atoms with van der Waals surface area (Å²) in [6.07, 6.45) is 0. The van der Waals surface area contributed by atoms with Crippen LogP contribution in [0.2, 0.25) is 0 Å². The van der Waals surface area contributed by atoms with E-state index < -0.39 is 6.04 Å². The lowest BCUT2D eigenvalue weighted by Gasteiger charge is -2.30. The first-order valence-electron chi connectivity index (χ1n) is 10.4. The largest absolute Gasteiger partial charge is 0.497 e. The zero-order valence-electron chi connectivity index (χ0n) is 18.5. The molecule has 0 unspecified atom stereocenters. The number of likely N-dealkylation sites (N-methyl/N-ethyl adjacent to an activating group) is 2. The lowest BCUT2D eigenvalue weighted by molar-refractivity contribution is -0.124. The molecule has 3 aromatic carbocycles. The third-order valence-corrected chi connectivity index (χ3v) is 5.43. The van der Waals surface area contributed by atoms with Gasteiger partial charge in [-0.2, -0.15) is 0 Å². The van der Waals surface area contributed by atoms with Gasteiger partial charge in [-0.25, -0.2) is 0 Å². The quantitative estimate of drug-likeness (QED) is 0.596. The molecule has 0 heterocycles. The van der Waals surface area contributed by atoms with Crippen molar-refractivity contribution in [2.24, 2.45) is 0 Å². The second-order valence-corrected chi connectivity index (χ2v) is 7.45. The average Bonchev–Trinajstić information content (AvgIpc) is 2.79. The van der Waals surface area contributed by atoms with Crippen LogP contribution in [0.15, 0.2) is 66.7 Å². The van der Waals surface area contributed by atoms with Crippen LogP contribution in [0.4, 0.5) is 11.4 Å². The van der Waals surface area contributed by atoms with E-state index in [1.807, 2.05) is 56.3 Å². The van der Waals surface area contributed by atoms with Gasteiger partial charge in [0.1, 0.15) is 5.75 Å². The van der Waals surface area contributed by atoms with Gasteiger partial charge < -0.3 is 15.0 Å². The van der Waals surface area contributed by atoms with Crippen LogP contribution in [0.3, 0.4) is 0 Å². The van der Waals surface area contributed by atoms with Crippen molar-refractivity contribution in [1.29, 1.82) is 0 Å². The molecule has 0 aliphatic rings. The summed E-state index contributed by atoms with van der Waals surface area (Å²) in [7, 11) is 3.38. The van der Waals surface area contributed by atoms with Gasteiger partial charge in [0.15, 0.2) is 0 Å². The van der Waals surface area contributed by atoms with Gasteiger partial charge in [-0.05, 0) is 56.6 Å². The SMILES string of the molecule is CCN(C(=O)[C@H](C)N(C)CC(=O)Nc1ccc(OC)cc1)c1cccc2ccccc12. The fourth-order valence-corrected chi connectivity index (χ4v) is 3.54. The molecule has 3 aromatic rings. The molecule has 0 aliphatic heterocycles. The topological polar surface area (TPSA) is 61.9 Å². The number of carbonyl (C=O) groups excluding carboxylic acids is 2. The van der Waals surface area contributed by atoms with Crippen molar-refractivity contribution in [1.82, 2.24) is 4.90 Å². The van der Waals surface area contributed by atoms with E-state index >= 15 is 0 Å². The van der Waals surface area contributed by atoms with Crippen LogP contribution in [0.25, 0.3) is 10.8 Å². The van der Waals surface area contributed by atoms with Crippen molar-refractivity contribution in [2.75, 3.05) is 37.5 Å². The first-order chi connectivity index (χ1) is 14.9. The summed E-state index contributed by atoms with van der Waals surface area (Å²) in [6.45, 7) is 4.44. The normalized spacial score (nSPS) is 11.9. The summed E-state index contributed by atoms with van der Waals surface area (Å²) in [5, 5.41) is 4.98. The van der Waals surface area contributed by atoms with E-state index in [9.17, 15) is 9.59 Å². The molecule has 6 heteroatoms. The second kappa shape index (κ2) is 10.1. The smallest absolute Gasteiger partial charge is 0.244 e. The van der Waals surface area contributed by atoms with Crippen LogP contribution >= 0.6 is 0 Å². The molecule has 0 saturated carbocycles. The maximum atomic E-state index is 13.3. The first kappa shape index (κ1) is 22.3. The Bertz CT molecular complexity index is 1040. The molecule has 0 bridgehead atoms. The van der Waals surface area contributed by atoms with Crippen LogP contribution in [0, 0.1) is 0 Å². The Labute approximate surface area is 183 Å². The molecule has 1 atom stereocenters. The minimum Gasteiger partial charge on any atom is -0.497 e. The van der Waals surface area contributed by atoms with Gasteiger partial charge in [-0.3, -0.25) is 14.5 Å². The van der Waals surface area contributed by atoms with Crippen LogP contribution in [-0.2, 0) is 9.59 Å². The molecule has 0 fully saturated rings. The van der Waals surface area contributed by atoms with E-state index in [1.54, 1.807) is 48.2 Å². The van der Waals surface area contributed by atoms with E-state index in [2.05, 4.69) is 5.32 Å². The molecule has 2 amide bonds. The Morgan fingerprint density at radius 2 is 1.68 bits per heavy atom. The van der Waals surface area contributed by atoms with Crippen molar-refractivity contribution in [3.63, 3.8) is 0 Å². The number of carbonyl (C=O) groups is 2. The third kappa shape index (κ3) is 5.22. The Kier molecular flexibility index (Phi) is 7.26. The van der Waals surface area contributed by atoms with Gasteiger partial charge in [0.25, 0.3) is 0 Å². The number of benzene rings is 3. The van der Waals surface area contributed by atoms with Crippen molar-refractivity contribution < 1.29 is 14.3 Å². The summed E-state index contributed by atoms with van der Waals surface area (Å²) in [5.41, 5.74) is 1.57. The minimum atomic E-state index is -0.458. The number of ether oxygens (including phenoxy) is 1. The highest BCUT2D eigenvalue weighted by molar-refractivity contribution is 6.05. The number of fused-ring (bicyclic) bond motifs is 1. The summed E-state index contributed by atoms with van der Waals surface area (Å²) >= 11 is 0. The van der Waals surface area contributed by atoms with E-state index in [-0.39, 0.29) is 18.4 Å². The number of anilines is 2. The zero-order chi connectivity index (χ0) is 22.4. The predicted molar refractivity (Wildman–Crippen MR) is 126 cm³/mol.